The van der Waals surface area contributed by atoms with Crippen LogP contribution >= 0.6 is 12.2 Å². The molecule has 0 unspecified atom stereocenters. The molecule has 0 spiro atoms. The van der Waals surface area contributed by atoms with Gasteiger partial charge in [0.15, 0.2) is 16.6 Å². The van der Waals surface area contributed by atoms with Gasteiger partial charge in [-0.25, -0.2) is 0 Å². The van der Waals surface area contributed by atoms with Crippen LogP contribution in [-0.2, 0) is 4.79 Å². The second-order valence-corrected chi connectivity index (χ2v) is 4.54. The van der Waals surface area contributed by atoms with Gasteiger partial charge in [0.25, 0.3) is 5.91 Å². The van der Waals surface area contributed by atoms with Crippen molar-refractivity contribution in [2.24, 2.45) is 0 Å². The number of benzene rings is 1. The van der Waals surface area contributed by atoms with Gasteiger partial charge in [-0.3, -0.25) is 9.69 Å². The topological polar surface area (TPSA) is 50.8 Å². The Balaban J connectivity index is 1.90. The predicted octanol–water partition coefficient (Wildman–Crippen LogP) is 1.49. The van der Waals surface area contributed by atoms with Gasteiger partial charge >= 0.3 is 0 Å². The number of likely N-dealkylation sites (N-methyl/N-ethyl adjacent to an activating group) is 1. The molecular weight excluding hydrogens is 264 g/mol. The maximum absolute atomic E-state index is 12.0. The van der Waals surface area contributed by atoms with Crippen molar-refractivity contribution in [2.45, 2.75) is 6.92 Å². The lowest BCUT2D eigenvalue weighted by molar-refractivity contribution is -0.122. The summed E-state index contributed by atoms with van der Waals surface area (Å²) in [4.78, 5) is 13.6. The van der Waals surface area contributed by atoms with E-state index in [-0.39, 0.29) is 12.7 Å². The summed E-state index contributed by atoms with van der Waals surface area (Å²) in [5, 5.41) is 3.36. The zero-order valence-corrected chi connectivity index (χ0v) is 11.1. The standard InChI is InChI=1S/C13H12N2O3S/c1-2-15-12(16)9(14-13(15)19)5-8-3-4-10-11(6-8)18-7-17-10/h3-6H,2,7H2,1H3,(H,14,19)/b9-5+. The van der Waals surface area contributed by atoms with E-state index in [1.165, 1.54) is 4.90 Å². The molecule has 1 fully saturated rings. The molecule has 1 saturated heterocycles. The molecule has 0 aromatic heterocycles. The molecule has 1 N–H and O–H groups in total. The SMILES string of the molecule is CCN1C(=O)/C(=C\c2ccc3c(c2)OCO3)NC1=S. The molecule has 0 saturated carbocycles. The second kappa shape index (κ2) is 4.55. The molecule has 3 rings (SSSR count). The van der Waals surface area contributed by atoms with Crippen molar-refractivity contribution in [1.82, 2.24) is 10.2 Å². The minimum Gasteiger partial charge on any atom is -0.454 e. The van der Waals surface area contributed by atoms with Gasteiger partial charge in [0.1, 0.15) is 5.70 Å². The number of thiocarbonyl (C=S) groups is 1. The largest absolute Gasteiger partial charge is 0.454 e. The number of ether oxygens (including phenoxy) is 2. The highest BCUT2D eigenvalue weighted by atomic mass is 32.1. The number of nitrogens with zero attached hydrogens (tertiary/aromatic N) is 1. The summed E-state index contributed by atoms with van der Waals surface area (Å²) >= 11 is 5.10. The normalized spacial score (nSPS) is 19.2. The Bertz CT molecular complexity index is 598. The number of fused-ring (bicyclic) bond motifs is 1. The first-order valence-electron chi connectivity index (χ1n) is 5.93. The molecule has 5 nitrogen and oxygen atoms in total. The van der Waals surface area contributed by atoms with Crippen LogP contribution in [0.2, 0.25) is 0 Å². The van der Waals surface area contributed by atoms with Crippen LogP contribution in [0.4, 0.5) is 0 Å². The van der Waals surface area contributed by atoms with E-state index in [0.29, 0.717) is 23.1 Å². The van der Waals surface area contributed by atoms with Gasteiger partial charge in [-0.15, -0.1) is 0 Å². The van der Waals surface area contributed by atoms with Gasteiger partial charge in [-0.1, -0.05) is 6.07 Å². The van der Waals surface area contributed by atoms with E-state index in [1.807, 2.05) is 25.1 Å². The first-order valence-corrected chi connectivity index (χ1v) is 6.34. The van der Waals surface area contributed by atoms with Crippen molar-refractivity contribution in [1.29, 1.82) is 0 Å². The average molecular weight is 276 g/mol. The Morgan fingerprint density at radius 3 is 2.95 bits per heavy atom. The van der Waals surface area contributed by atoms with E-state index in [9.17, 15) is 4.79 Å². The fraction of sp³-hybridized carbons (Fsp3) is 0.231. The number of amides is 1. The number of nitrogens with one attached hydrogen (secondary N) is 1. The zero-order valence-electron chi connectivity index (χ0n) is 10.3. The minimum absolute atomic E-state index is 0.106. The molecule has 0 bridgehead atoms. The van der Waals surface area contributed by atoms with E-state index in [2.05, 4.69) is 5.32 Å². The third kappa shape index (κ3) is 2.04. The molecule has 0 radical (unpaired) electrons. The summed E-state index contributed by atoms with van der Waals surface area (Å²) in [6.45, 7) is 2.68. The van der Waals surface area contributed by atoms with Crippen molar-refractivity contribution in [3.63, 3.8) is 0 Å². The van der Waals surface area contributed by atoms with E-state index >= 15 is 0 Å². The highest BCUT2D eigenvalue weighted by molar-refractivity contribution is 7.80. The van der Waals surface area contributed by atoms with E-state index in [4.69, 9.17) is 21.7 Å². The molecule has 1 aromatic rings. The van der Waals surface area contributed by atoms with Gasteiger partial charge in [-0.2, -0.15) is 0 Å². The smallest absolute Gasteiger partial charge is 0.276 e. The average Bonchev–Trinajstić information content (AvgIpc) is 2.95. The van der Waals surface area contributed by atoms with Crippen molar-refractivity contribution in [3.8, 4) is 11.5 Å². The summed E-state index contributed by atoms with van der Waals surface area (Å²) in [5.74, 6) is 1.30. The Morgan fingerprint density at radius 1 is 1.42 bits per heavy atom. The zero-order chi connectivity index (χ0) is 13.4. The van der Waals surface area contributed by atoms with Crippen LogP contribution in [-0.4, -0.2) is 29.3 Å². The van der Waals surface area contributed by atoms with Gasteiger partial charge in [0.2, 0.25) is 6.79 Å². The monoisotopic (exact) mass is 276 g/mol. The Hall–Kier alpha value is -2.08. The predicted molar refractivity (Wildman–Crippen MR) is 73.7 cm³/mol. The van der Waals surface area contributed by atoms with Crippen LogP contribution in [0, 0.1) is 0 Å². The summed E-state index contributed by atoms with van der Waals surface area (Å²) in [7, 11) is 0. The third-order valence-electron chi connectivity index (χ3n) is 2.99. The van der Waals surface area contributed by atoms with Crippen molar-refractivity contribution in [3.05, 3.63) is 29.5 Å². The summed E-state index contributed by atoms with van der Waals surface area (Å²) in [6, 6.07) is 5.53. The first-order chi connectivity index (χ1) is 9.19. The number of hydrogen-bond acceptors (Lipinski definition) is 4. The molecule has 2 aliphatic rings. The maximum Gasteiger partial charge on any atom is 0.276 e. The minimum atomic E-state index is -0.106. The number of rotatable bonds is 2. The quantitative estimate of drug-likeness (QED) is 0.655. The highest BCUT2D eigenvalue weighted by Crippen LogP contribution is 2.33. The molecule has 1 amide bonds. The van der Waals surface area contributed by atoms with Crippen molar-refractivity contribution in [2.75, 3.05) is 13.3 Å². The Labute approximate surface area is 115 Å². The van der Waals surface area contributed by atoms with Crippen LogP contribution in [0.3, 0.4) is 0 Å². The van der Waals surface area contributed by atoms with Gasteiger partial charge < -0.3 is 14.8 Å². The Kier molecular flexibility index (Phi) is 2.87. The van der Waals surface area contributed by atoms with Crippen molar-refractivity contribution < 1.29 is 14.3 Å². The number of hydrogen-bond donors (Lipinski definition) is 1. The lowest BCUT2D eigenvalue weighted by Gasteiger charge is -2.08. The number of carbonyl (C=O) groups is 1. The van der Waals surface area contributed by atoms with Gasteiger partial charge in [0.05, 0.1) is 0 Å². The Morgan fingerprint density at radius 2 is 2.21 bits per heavy atom. The van der Waals surface area contributed by atoms with Crippen molar-refractivity contribution >= 4 is 29.3 Å². The highest BCUT2D eigenvalue weighted by Gasteiger charge is 2.29. The van der Waals surface area contributed by atoms with Gasteiger partial charge in [0, 0.05) is 6.54 Å². The molecule has 1 aromatic carbocycles. The third-order valence-corrected chi connectivity index (χ3v) is 3.31. The van der Waals surface area contributed by atoms with E-state index in [1.54, 1.807) is 6.08 Å². The van der Waals surface area contributed by atoms with Crippen LogP contribution in [0.15, 0.2) is 23.9 Å². The fourth-order valence-corrected chi connectivity index (χ4v) is 2.35. The fourth-order valence-electron chi connectivity index (χ4n) is 2.03. The maximum atomic E-state index is 12.0. The molecule has 0 aliphatic carbocycles. The van der Waals surface area contributed by atoms with Crippen LogP contribution in [0.1, 0.15) is 12.5 Å². The number of carbonyl (C=O) groups excluding carboxylic acids is 1. The van der Waals surface area contributed by atoms with Crippen LogP contribution in [0.25, 0.3) is 6.08 Å². The van der Waals surface area contributed by atoms with E-state index < -0.39 is 0 Å². The second-order valence-electron chi connectivity index (χ2n) is 4.15. The van der Waals surface area contributed by atoms with Crippen LogP contribution < -0.4 is 14.8 Å². The molecular formula is C13H12N2O3S. The molecule has 0 atom stereocenters. The summed E-state index contributed by atoms with van der Waals surface area (Å²) in [5.41, 5.74) is 1.34. The molecule has 2 heterocycles. The summed E-state index contributed by atoms with van der Waals surface area (Å²) in [6.07, 6.45) is 1.76. The van der Waals surface area contributed by atoms with E-state index in [0.717, 1.165) is 11.3 Å². The van der Waals surface area contributed by atoms with Gasteiger partial charge in [-0.05, 0) is 42.9 Å². The molecule has 2 aliphatic heterocycles. The molecule has 6 heteroatoms. The lowest BCUT2D eigenvalue weighted by Crippen LogP contribution is -2.30. The van der Waals surface area contributed by atoms with Crippen LogP contribution in [0.5, 0.6) is 11.5 Å². The molecule has 19 heavy (non-hydrogen) atoms. The summed E-state index contributed by atoms with van der Waals surface area (Å²) < 4.78 is 10.5. The first kappa shape index (κ1) is 12.0. The lowest BCUT2D eigenvalue weighted by atomic mass is 10.1. The molecule has 98 valence electrons.